The van der Waals surface area contributed by atoms with E-state index in [0.29, 0.717) is 5.82 Å². The molecule has 2 aromatic rings. The summed E-state index contributed by atoms with van der Waals surface area (Å²) in [4.78, 5) is 0. The predicted octanol–water partition coefficient (Wildman–Crippen LogP) is 3.96. The molecule has 0 amide bonds. The van der Waals surface area contributed by atoms with Crippen LogP contribution in [-0.2, 0) is 4.57 Å². The van der Waals surface area contributed by atoms with E-state index >= 15 is 0 Å². The average molecular weight is 312 g/mol. The molecule has 0 radical (unpaired) electrons. The summed E-state index contributed by atoms with van der Waals surface area (Å²) in [6, 6.07) is 15.6. The van der Waals surface area contributed by atoms with Crippen LogP contribution >= 0.6 is 7.14 Å². The van der Waals surface area contributed by atoms with Crippen molar-refractivity contribution >= 4 is 17.8 Å². The molecule has 0 spiro atoms. The second kappa shape index (κ2) is 5.78. The lowest BCUT2D eigenvalue weighted by molar-refractivity contribution is -0.120. The minimum Gasteiger partial charge on any atom is -0.504 e. The second-order valence-electron chi connectivity index (χ2n) is 4.34. The van der Waals surface area contributed by atoms with E-state index in [1.165, 1.54) is 24.3 Å². The number of halogens is 3. The van der Waals surface area contributed by atoms with E-state index in [1.54, 1.807) is 36.4 Å². The van der Waals surface area contributed by atoms with Gasteiger partial charge in [-0.3, -0.25) is 0 Å². The molecule has 0 saturated heterocycles. The van der Waals surface area contributed by atoms with Gasteiger partial charge < -0.3 is 9.67 Å². The molecule has 21 heavy (non-hydrogen) atoms. The van der Waals surface area contributed by atoms with Crippen molar-refractivity contribution in [2.24, 2.45) is 0 Å². The van der Waals surface area contributed by atoms with Crippen LogP contribution in [0.3, 0.4) is 0 Å². The molecule has 2 nitrogen and oxygen atoms in total. The third-order valence-electron chi connectivity index (χ3n) is 2.87. The van der Waals surface area contributed by atoms with E-state index in [-0.39, 0.29) is 10.6 Å². The fraction of sp³-hybridized carbons (Fsp3) is 0.0667. The van der Waals surface area contributed by atoms with Crippen molar-refractivity contribution in [3.05, 3.63) is 72.2 Å². The van der Waals surface area contributed by atoms with Gasteiger partial charge in [-0.05, 0) is 0 Å². The van der Waals surface area contributed by atoms with Gasteiger partial charge in [-0.25, -0.2) is 0 Å². The summed E-state index contributed by atoms with van der Waals surface area (Å²) in [7, 11) is -3.71. The zero-order valence-electron chi connectivity index (χ0n) is 10.8. The fourth-order valence-corrected chi connectivity index (χ4v) is 4.16. The molecule has 2 rings (SSSR count). The van der Waals surface area contributed by atoms with Crippen molar-refractivity contribution in [1.29, 1.82) is 0 Å². The molecular formula is C15H12F3O2P. The molecule has 0 fully saturated rings. The normalized spacial score (nSPS) is 13.2. The standard InChI is InChI=1S/C15H12F3O2P/c16-15(17,18)14(19)11-21(20,12-7-3-1-4-8-12)13-9-5-2-6-10-13/h1-11,19H/b14-11-. The van der Waals surface area contributed by atoms with Crippen molar-refractivity contribution in [2.45, 2.75) is 6.18 Å². The molecule has 0 heterocycles. The maximum absolute atomic E-state index is 13.1. The van der Waals surface area contributed by atoms with Crippen molar-refractivity contribution in [1.82, 2.24) is 0 Å². The van der Waals surface area contributed by atoms with E-state index < -0.39 is 19.1 Å². The summed E-state index contributed by atoms with van der Waals surface area (Å²) in [5.74, 6) is -1.43. The molecule has 0 unspecified atom stereocenters. The Kier molecular flexibility index (Phi) is 4.24. The van der Waals surface area contributed by atoms with Gasteiger partial charge in [-0.2, -0.15) is 13.2 Å². The summed E-state index contributed by atoms with van der Waals surface area (Å²) < 4.78 is 50.9. The minimum atomic E-state index is -4.93. The molecular weight excluding hydrogens is 300 g/mol. The van der Waals surface area contributed by atoms with E-state index in [4.69, 9.17) is 0 Å². The van der Waals surface area contributed by atoms with Crippen LogP contribution in [0.5, 0.6) is 0 Å². The van der Waals surface area contributed by atoms with Crippen LogP contribution in [0.25, 0.3) is 0 Å². The fourth-order valence-electron chi connectivity index (χ4n) is 1.84. The summed E-state index contributed by atoms with van der Waals surface area (Å²) in [5, 5.41) is 9.67. The van der Waals surface area contributed by atoms with Crippen LogP contribution in [0.4, 0.5) is 13.2 Å². The quantitative estimate of drug-likeness (QED) is 0.688. The lowest BCUT2D eigenvalue weighted by Crippen LogP contribution is -2.17. The monoisotopic (exact) mass is 312 g/mol. The first-order valence-corrected chi connectivity index (χ1v) is 7.81. The van der Waals surface area contributed by atoms with Crippen LogP contribution in [0.2, 0.25) is 0 Å². The predicted molar refractivity (Wildman–Crippen MR) is 76.5 cm³/mol. The number of hydrogen-bond donors (Lipinski definition) is 1. The summed E-state index contributed by atoms with van der Waals surface area (Å²) >= 11 is 0. The number of hydrogen-bond acceptors (Lipinski definition) is 2. The Morgan fingerprint density at radius 3 is 1.62 bits per heavy atom. The molecule has 0 aliphatic carbocycles. The SMILES string of the molecule is O=P(/C=C(\O)C(F)(F)F)(c1ccccc1)c1ccccc1. The maximum atomic E-state index is 13.1. The van der Waals surface area contributed by atoms with Crippen molar-refractivity contribution in [2.75, 3.05) is 0 Å². The number of alkyl halides is 3. The third-order valence-corrected chi connectivity index (χ3v) is 5.61. The Balaban J connectivity index is 2.65. The Hall–Kier alpha value is -2.00. The largest absolute Gasteiger partial charge is 0.504 e. The summed E-state index contributed by atoms with van der Waals surface area (Å²) in [6.45, 7) is 0. The minimum absolute atomic E-state index is 0.229. The first-order valence-electron chi connectivity index (χ1n) is 6.04. The average Bonchev–Trinajstić information content (AvgIpc) is 2.48. The Morgan fingerprint density at radius 2 is 1.29 bits per heavy atom. The van der Waals surface area contributed by atoms with Gasteiger partial charge in [-0.1, -0.05) is 60.7 Å². The Morgan fingerprint density at radius 1 is 0.905 bits per heavy atom. The Labute approximate surface area is 119 Å². The van der Waals surface area contributed by atoms with Crippen LogP contribution in [0.1, 0.15) is 0 Å². The zero-order valence-corrected chi connectivity index (χ0v) is 11.7. The van der Waals surface area contributed by atoms with E-state index in [0.717, 1.165) is 0 Å². The number of rotatable bonds is 3. The maximum Gasteiger partial charge on any atom is 0.448 e. The molecule has 0 aliphatic heterocycles. The molecule has 2 aromatic carbocycles. The van der Waals surface area contributed by atoms with Gasteiger partial charge in [0, 0.05) is 16.4 Å². The molecule has 1 N–H and O–H groups in total. The van der Waals surface area contributed by atoms with E-state index in [2.05, 4.69) is 0 Å². The molecule has 0 atom stereocenters. The molecule has 0 aliphatic rings. The highest BCUT2D eigenvalue weighted by molar-refractivity contribution is 7.81. The zero-order chi connectivity index (χ0) is 15.5. The van der Waals surface area contributed by atoms with Crippen molar-refractivity contribution in [3.63, 3.8) is 0 Å². The number of allylic oxidation sites excluding steroid dienone is 1. The van der Waals surface area contributed by atoms with Gasteiger partial charge in [0.2, 0.25) is 5.76 Å². The molecule has 0 saturated carbocycles. The lowest BCUT2D eigenvalue weighted by atomic mass is 10.4. The van der Waals surface area contributed by atoms with Crippen LogP contribution in [0.15, 0.2) is 72.2 Å². The highest BCUT2D eigenvalue weighted by Gasteiger charge is 2.37. The summed E-state index contributed by atoms with van der Waals surface area (Å²) in [5.41, 5.74) is 0. The van der Waals surface area contributed by atoms with Crippen molar-refractivity contribution < 1.29 is 22.8 Å². The van der Waals surface area contributed by atoms with E-state index in [9.17, 15) is 22.8 Å². The highest BCUT2D eigenvalue weighted by atomic mass is 31.2. The number of benzene rings is 2. The van der Waals surface area contributed by atoms with Crippen LogP contribution in [0, 0.1) is 0 Å². The Bertz CT molecular complexity index is 636. The van der Waals surface area contributed by atoms with Gasteiger partial charge >= 0.3 is 6.18 Å². The van der Waals surface area contributed by atoms with Crippen LogP contribution in [-0.4, -0.2) is 11.3 Å². The van der Waals surface area contributed by atoms with Gasteiger partial charge in [0.25, 0.3) is 0 Å². The number of aliphatic hydroxyl groups excluding tert-OH is 1. The summed E-state index contributed by atoms with van der Waals surface area (Å²) in [6.07, 6.45) is -4.93. The number of aliphatic hydroxyl groups is 1. The van der Waals surface area contributed by atoms with Gasteiger partial charge in [0.05, 0.1) is 0 Å². The topological polar surface area (TPSA) is 37.3 Å². The van der Waals surface area contributed by atoms with E-state index in [1.807, 2.05) is 0 Å². The third kappa shape index (κ3) is 3.37. The second-order valence-corrected chi connectivity index (χ2v) is 6.95. The molecule has 0 bridgehead atoms. The molecule has 110 valence electrons. The highest BCUT2D eigenvalue weighted by Crippen LogP contribution is 2.47. The first-order chi connectivity index (χ1) is 9.84. The van der Waals surface area contributed by atoms with Gasteiger partial charge in [0.15, 0.2) is 7.14 Å². The van der Waals surface area contributed by atoms with Crippen molar-refractivity contribution in [3.8, 4) is 0 Å². The first kappa shape index (κ1) is 15.4. The van der Waals surface area contributed by atoms with Gasteiger partial charge in [0.1, 0.15) is 0 Å². The lowest BCUT2D eigenvalue weighted by Gasteiger charge is -2.16. The molecule has 0 aromatic heterocycles. The van der Waals surface area contributed by atoms with Crippen LogP contribution < -0.4 is 10.6 Å². The smallest absolute Gasteiger partial charge is 0.448 e. The van der Waals surface area contributed by atoms with Gasteiger partial charge in [-0.15, -0.1) is 0 Å². The molecule has 6 heteroatoms.